The Morgan fingerprint density at radius 2 is 1.80 bits per heavy atom. The molecule has 2 atom stereocenters. The highest BCUT2D eigenvalue weighted by atomic mass is 19.1. The lowest BCUT2D eigenvalue weighted by atomic mass is 9.99. The lowest BCUT2D eigenvalue weighted by Gasteiger charge is -2.19. The Kier molecular flexibility index (Phi) is 6.50. The number of carbonyl (C=O) groups is 3. The molecule has 2 amide bonds. The molecule has 0 aliphatic heterocycles. The highest BCUT2D eigenvalue weighted by Crippen LogP contribution is 2.24. The molecule has 0 bridgehead atoms. The number of hydrogen-bond acceptors (Lipinski definition) is 3. The highest BCUT2D eigenvalue weighted by molar-refractivity contribution is 5.88. The summed E-state index contributed by atoms with van der Waals surface area (Å²) < 4.78 is 13.0. The molecular formula is C18H23FN2O4. The van der Waals surface area contributed by atoms with E-state index in [0.29, 0.717) is 5.56 Å². The van der Waals surface area contributed by atoms with Crippen LogP contribution in [0, 0.1) is 11.7 Å². The lowest BCUT2D eigenvalue weighted by Crippen LogP contribution is -2.47. The standard InChI is InChI=1S/C18H23FN2O4/c1-11(21-17(23)13-4-2-3-5-13)16(22)20-10-15(18(24)25)12-6-8-14(19)9-7-12/h6-9,11,13,15H,2-5,10H2,1H3,(H,20,22)(H,21,23)(H,24,25). The van der Waals surface area contributed by atoms with Gasteiger partial charge in [-0.1, -0.05) is 25.0 Å². The van der Waals surface area contributed by atoms with Gasteiger partial charge < -0.3 is 15.7 Å². The third-order valence-corrected chi connectivity index (χ3v) is 4.53. The molecule has 1 aromatic carbocycles. The number of nitrogens with one attached hydrogen (secondary N) is 2. The Morgan fingerprint density at radius 1 is 1.20 bits per heavy atom. The van der Waals surface area contributed by atoms with Crippen LogP contribution in [-0.2, 0) is 14.4 Å². The van der Waals surface area contributed by atoms with E-state index in [1.165, 1.54) is 24.3 Å². The van der Waals surface area contributed by atoms with Crippen LogP contribution in [0.1, 0.15) is 44.1 Å². The van der Waals surface area contributed by atoms with E-state index in [0.717, 1.165) is 25.7 Å². The van der Waals surface area contributed by atoms with Gasteiger partial charge in [0.1, 0.15) is 11.9 Å². The molecule has 25 heavy (non-hydrogen) atoms. The van der Waals surface area contributed by atoms with Gasteiger partial charge in [0.2, 0.25) is 11.8 Å². The second kappa shape index (κ2) is 8.60. The molecule has 3 N–H and O–H groups in total. The third kappa shape index (κ3) is 5.27. The van der Waals surface area contributed by atoms with E-state index in [1.807, 2.05) is 0 Å². The van der Waals surface area contributed by atoms with Gasteiger partial charge in [0.25, 0.3) is 0 Å². The molecule has 0 heterocycles. The van der Waals surface area contributed by atoms with E-state index >= 15 is 0 Å². The SMILES string of the molecule is CC(NC(=O)C1CCCC1)C(=O)NCC(C(=O)O)c1ccc(F)cc1. The van der Waals surface area contributed by atoms with Crippen molar-refractivity contribution in [1.29, 1.82) is 0 Å². The van der Waals surface area contributed by atoms with Gasteiger partial charge >= 0.3 is 5.97 Å². The van der Waals surface area contributed by atoms with Crippen molar-refractivity contribution in [3.63, 3.8) is 0 Å². The zero-order valence-electron chi connectivity index (χ0n) is 14.1. The van der Waals surface area contributed by atoms with Crippen LogP contribution in [0.3, 0.4) is 0 Å². The first-order valence-corrected chi connectivity index (χ1v) is 8.45. The first-order chi connectivity index (χ1) is 11.9. The van der Waals surface area contributed by atoms with Crippen molar-refractivity contribution < 1.29 is 23.9 Å². The quantitative estimate of drug-likeness (QED) is 0.699. The fourth-order valence-corrected chi connectivity index (χ4v) is 2.98. The average Bonchev–Trinajstić information content (AvgIpc) is 3.10. The van der Waals surface area contributed by atoms with Crippen molar-refractivity contribution in [2.75, 3.05) is 6.54 Å². The number of rotatable bonds is 7. The highest BCUT2D eigenvalue weighted by Gasteiger charge is 2.26. The van der Waals surface area contributed by atoms with Crippen LogP contribution >= 0.6 is 0 Å². The molecule has 1 aromatic rings. The summed E-state index contributed by atoms with van der Waals surface area (Å²) in [5.74, 6) is -3.17. The number of aliphatic carboxylic acids is 1. The minimum absolute atomic E-state index is 0.0405. The first-order valence-electron chi connectivity index (χ1n) is 8.45. The molecule has 6 nitrogen and oxygen atoms in total. The maximum atomic E-state index is 13.0. The van der Waals surface area contributed by atoms with Crippen molar-refractivity contribution in [1.82, 2.24) is 10.6 Å². The molecule has 1 fully saturated rings. The van der Waals surface area contributed by atoms with E-state index in [4.69, 9.17) is 0 Å². The fraction of sp³-hybridized carbons (Fsp3) is 0.500. The number of carbonyl (C=O) groups excluding carboxylic acids is 2. The van der Waals surface area contributed by atoms with Crippen molar-refractivity contribution >= 4 is 17.8 Å². The second-order valence-electron chi connectivity index (χ2n) is 6.40. The molecule has 1 aliphatic rings. The topological polar surface area (TPSA) is 95.5 Å². The summed E-state index contributed by atoms with van der Waals surface area (Å²) in [5.41, 5.74) is 0.400. The van der Waals surface area contributed by atoms with E-state index in [1.54, 1.807) is 6.92 Å². The molecular weight excluding hydrogens is 327 g/mol. The molecule has 136 valence electrons. The number of halogens is 1. The summed E-state index contributed by atoms with van der Waals surface area (Å²) in [7, 11) is 0. The Morgan fingerprint density at radius 3 is 2.36 bits per heavy atom. The lowest BCUT2D eigenvalue weighted by molar-refractivity contribution is -0.139. The van der Waals surface area contributed by atoms with E-state index < -0.39 is 29.7 Å². The van der Waals surface area contributed by atoms with Crippen LogP contribution < -0.4 is 10.6 Å². The molecule has 0 aromatic heterocycles. The van der Waals surface area contributed by atoms with E-state index in [2.05, 4.69) is 10.6 Å². The van der Waals surface area contributed by atoms with Gasteiger partial charge in [-0.25, -0.2) is 4.39 Å². The summed E-state index contributed by atoms with van der Waals surface area (Å²) >= 11 is 0. The molecule has 2 rings (SSSR count). The molecule has 2 unspecified atom stereocenters. The number of hydrogen-bond donors (Lipinski definition) is 3. The Labute approximate surface area is 145 Å². The van der Waals surface area contributed by atoms with Crippen molar-refractivity contribution in [3.05, 3.63) is 35.6 Å². The van der Waals surface area contributed by atoms with Crippen molar-refractivity contribution in [2.45, 2.75) is 44.6 Å². The van der Waals surface area contributed by atoms with Crippen LogP contribution in [0.4, 0.5) is 4.39 Å². The molecule has 7 heteroatoms. The maximum Gasteiger partial charge on any atom is 0.312 e. The average molecular weight is 350 g/mol. The van der Waals surface area contributed by atoms with Gasteiger partial charge in [-0.05, 0) is 37.5 Å². The molecule has 1 saturated carbocycles. The smallest absolute Gasteiger partial charge is 0.312 e. The summed E-state index contributed by atoms with van der Waals surface area (Å²) in [6, 6.07) is 4.38. The number of amides is 2. The first kappa shape index (κ1) is 18.9. The largest absolute Gasteiger partial charge is 0.481 e. The minimum Gasteiger partial charge on any atom is -0.481 e. The van der Waals surface area contributed by atoms with Crippen molar-refractivity contribution in [2.24, 2.45) is 5.92 Å². The van der Waals surface area contributed by atoms with Crippen LogP contribution in [0.5, 0.6) is 0 Å². The Balaban J connectivity index is 1.88. The van der Waals surface area contributed by atoms with E-state index in [9.17, 15) is 23.9 Å². The van der Waals surface area contributed by atoms with Crippen LogP contribution in [0.25, 0.3) is 0 Å². The summed E-state index contributed by atoms with van der Waals surface area (Å²) in [6.07, 6.45) is 3.73. The van der Waals surface area contributed by atoms with Crippen LogP contribution in [0.2, 0.25) is 0 Å². The number of carboxylic acid groups (broad SMARTS) is 1. The number of benzene rings is 1. The second-order valence-corrected chi connectivity index (χ2v) is 6.40. The predicted octanol–water partition coefficient (Wildman–Crippen LogP) is 1.81. The van der Waals surface area contributed by atoms with E-state index in [-0.39, 0.29) is 18.4 Å². The summed E-state index contributed by atoms with van der Waals surface area (Å²) in [6.45, 7) is 1.43. The zero-order chi connectivity index (χ0) is 18.4. The zero-order valence-corrected chi connectivity index (χ0v) is 14.1. The van der Waals surface area contributed by atoms with Gasteiger partial charge in [-0.2, -0.15) is 0 Å². The monoisotopic (exact) mass is 350 g/mol. The molecule has 1 aliphatic carbocycles. The normalized spacial score (nSPS) is 16.9. The fourth-order valence-electron chi connectivity index (χ4n) is 2.98. The maximum absolute atomic E-state index is 13.0. The van der Waals surface area contributed by atoms with Crippen LogP contribution in [-0.4, -0.2) is 35.5 Å². The van der Waals surface area contributed by atoms with Gasteiger partial charge in [-0.3, -0.25) is 14.4 Å². The Hall–Kier alpha value is -2.44. The molecule has 0 saturated heterocycles. The third-order valence-electron chi connectivity index (χ3n) is 4.53. The molecule has 0 spiro atoms. The minimum atomic E-state index is -1.12. The van der Waals surface area contributed by atoms with Gasteiger partial charge in [0, 0.05) is 12.5 Å². The Bertz CT molecular complexity index is 626. The van der Waals surface area contributed by atoms with Gasteiger partial charge in [0.05, 0.1) is 5.92 Å². The molecule has 0 radical (unpaired) electrons. The van der Waals surface area contributed by atoms with Gasteiger partial charge in [0.15, 0.2) is 0 Å². The number of carboxylic acids is 1. The van der Waals surface area contributed by atoms with Gasteiger partial charge in [-0.15, -0.1) is 0 Å². The summed E-state index contributed by atoms with van der Waals surface area (Å²) in [4.78, 5) is 35.6. The predicted molar refractivity (Wildman–Crippen MR) is 89.3 cm³/mol. The van der Waals surface area contributed by atoms with Crippen molar-refractivity contribution in [3.8, 4) is 0 Å². The summed E-state index contributed by atoms with van der Waals surface area (Å²) in [5, 5.41) is 14.5. The van der Waals surface area contributed by atoms with Crippen LogP contribution in [0.15, 0.2) is 24.3 Å².